The molecule has 2 rings (SSSR count). The molecule has 0 spiro atoms. The molecule has 0 aliphatic carbocycles. The lowest BCUT2D eigenvalue weighted by molar-refractivity contribution is 0.265. The zero-order valence-electron chi connectivity index (χ0n) is 10.2. The number of nitrogens with zero attached hydrogens (tertiary/aromatic N) is 5. The lowest BCUT2D eigenvalue weighted by Crippen LogP contribution is -2.45. The molecule has 8 nitrogen and oxygen atoms in total. The Morgan fingerprint density at radius 3 is 3.00 bits per heavy atom. The molecule has 0 saturated heterocycles. The standard InChI is InChI=1S/C9H17N5O3S/c1-12(3-2-6-15)18(16,17)14-5-4-13-8-10-11-9(13)7-14/h8,15H,2-7H2,1H3. The molecule has 1 aliphatic heterocycles. The van der Waals surface area contributed by atoms with Crippen molar-refractivity contribution in [2.24, 2.45) is 0 Å². The van der Waals surface area contributed by atoms with Gasteiger partial charge in [0.05, 0.1) is 6.54 Å². The van der Waals surface area contributed by atoms with Gasteiger partial charge in [0.2, 0.25) is 0 Å². The molecular weight excluding hydrogens is 258 g/mol. The number of rotatable bonds is 5. The molecule has 0 saturated carbocycles. The van der Waals surface area contributed by atoms with Crippen molar-refractivity contribution in [1.82, 2.24) is 23.4 Å². The maximum absolute atomic E-state index is 12.2. The highest BCUT2D eigenvalue weighted by molar-refractivity contribution is 7.86. The Labute approximate surface area is 106 Å². The molecule has 0 atom stereocenters. The second-order valence-corrected chi connectivity index (χ2v) is 6.22. The van der Waals surface area contributed by atoms with E-state index in [2.05, 4.69) is 10.2 Å². The van der Waals surface area contributed by atoms with Gasteiger partial charge in [-0.3, -0.25) is 0 Å². The third kappa shape index (κ3) is 2.53. The minimum absolute atomic E-state index is 0.0197. The van der Waals surface area contributed by atoms with Crippen LogP contribution in [-0.4, -0.2) is 63.6 Å². The van der Waals surface area contributed by atoms with Gasteiger partial charge in [0.15, 0.2) is 0 Å². The molecule has 0 unspecified atom stereocenters. The van der Waals surface area contributed by atoms with E-state index in [1.165, 1.54) is 15.7 Å². The molecule has 9 heteroatoms. The predicted octanol–water partition coefficient (Wildman–Crippen LogP) is -1.35. The smallest absolute Gasteiger partial charge is 0.282 e. The van der Waals surface area contributed by atoms with Crippen LogP contribution in [0.5, 0.6) is 0 Å². The van der Waals surface area contributed by atoms with Crippen molar-refractivity contribution in [3.63, 3.8) is 0 Å². The summed E-state index contributed by atoms with van der Waals surface area (Å²) in [4.78, 5) is 0. The SMILES string of the molecule is CN(CCCO)S(=O)(=O)N1CCn2cnnc2C1. The average Bonchev–Trinajstić information content (AvgIpc) is 2.82. The first-order chi connectivity index (χ1) is 8.55. The van der Waals surface area contributed by atoms with Gasteiger partial charge in [-0.05, 0) is 6.42 Å². The lowest BCUT2D eigenvalue weighted by atomic mass is 10.4. The third-order valence-corrected chi connectivity index (χ3v) is 4.89. The highest BCUT2D eigenvalue weighted by Crippen LogP contribution is 2.15. The third-order valence-electron chi connectivity index (χ3n) is 2.96. The summed E-state index contributed by atoms with van der Waals surface area (Å²) in [5.41, 5.74) is 0. The quantitative estimate of drug-likeness (QED) is 0.717. The summed E-state index contributed by atoms with van der Waals surface area (Å²) < 4.78 is 29.0. The fourth-order valence-electron chi connectivity index (χ4n) is 1.85. The molecule has 0 fully saturated rings. The molecule has 1 N–H and O–H groups in total. The second-order valence-electron chi connectivity index (χ2n) is 4.18. The molecule has 102 valence electrons. The van der Waals surface area contributed by atoms with Crippen LogP contribution >= 0.6 is 0 Å². The predicted molar refractivity (Wildman–Crippen MR) is 63.7 cm³/mol. The van der Waals surface area contributed by atoms with Gasteiger partial charge >= 0.3 is 0 Å². The van der Waals surface area contributed by atoms with Crippen LogP contribution in [0.3, 0.4) is 0 Å². The summed E-state index contributed by atoms with van der Waals surface area (Å²) in [6.07, 6.45) is 2.04. The summed E-state index contributed by atoms with van der Waals surface area (Å²) in [7, 11) is -1.96. The normalized spacial score (nSPS) is 17.1. The van der Waals surface area contributed by atoms with Gasteiger partial charge in [-0.15, -0.1) is 10.2 Å². The first kappa shape index (κ1) is 13.4. The topological polar surface area (TPSA) is 91.6 Å². The van der Waals surface area contributed by atoms with E-state index in [0.29, 0.717) is 31.9 Å². The van der Waals surface area contributed by atoms with Crippen LogP contribution < -0.4 is 0 Å². The van der Waals surface area contributed by atoms with Crippen molar-refractivity contribution in [3.05, 3.63) is 12.2 Å². The molecule has 1 aromatic rings. The fourth-order valence-corrected chi connectivity index (χ4v) is 3.19. The van der Waals surface area contributed by atoms with Gasteiger partial charge in [-0.2, -0.15) is 17.0 Å². The lowest BCUT2D eigenvalue weighted by Gasteiger charge is -2.30. The first-order valence-corrected chi connectivity index (χ1v) is 7.14. The Morgan fingerprint density at radius 2 is 2.28 bits per heavy atom. The zero-order chi connectivity index (χ0) is 13.2. The van der Waals surface area contributed by atoms with E-state index in [4.69, 9.17) is 5.11 Å². The van der Waals surface area contributed by atoms with Crippen molar-refractivity contribution in [3.8, 4) is 0 Å². The van der Waals surface area contributed by atoms with E-state index in [0.717, 1.165) is 0 Å². The van der Waals surface area contributed by atoms with Crippen LogP contribution in [0.1, 0.15) is 12.2 Å². The highest BCUT2D eigenvalue weighted by atomic mass is 32.2. The number of fused-ring (bicyclic) bond motifs is 1. The molecule has 2 heterocycles. The Morgan fingerprint density at radius 1 is 1.50 bits per heavy atom. The van der Waals surface area contributed by atoms with Crippen LogP contribution in [0.25, 0.3) is 0 Å². The van der Waals surface area contributed by atoms with E-state index < -0.39 is 10.2 Å². The number of aromatic nitrogens is 3. The number of hydrogen-bond donors (Lipinski definition) is 1. The van der Waals surface area contributed by atoms with Crippen LogP contribution in [0.4, 0.5) is 0 Å². The van der Waals surface area contributed by atoms with Crippen LogP contribution in [0.15, 0.2) is 6.33 Å². The average molecular weight is 275 g/mol. The Hall–Kier alpha value is -1.03. The van der Waals surface area contributed by atoms with Gasteiger partial charge in [-0.25, -0.2) is 0 Å². The van der Waals surface area contributed by atoms with Gasteiger partial charge < -0.3 is 9.67 Å². The summed E-state index contributed by atoms with van der Waals surface area (Å²) in [5.74, 6) is 0.653. The van der Waals surface area contributed by atoms with Crippen molar-refractivity contribution in [2.45, 2.75) is 19.5 Å². The Bertz CT molecular complexity index is 500. The minimum Gasteiger partial charge on any atom is -0.396 e. The minimum atomic E-state index is -3.48. The highest BCUT2D eigenvalue weighted by Gasteiger charge is 2.30. The van der Waals surface area contributed by atoms with Gasteiger partial charge in [-0.1, -0.05) is 0 Å². The molecular formula is C9H17N5O3S. The summed E-state index contributed by atoms with van der Waals surface area (Å²) in [5, 5.41) is 16.4. The first-order valence-electron chi connectivity index (χ1n) is 5.74. The van der Waals surface area contributed by atoms with Crippen LogP contribution in [-0.2, 0) is 23.3 Å². The fraction of sp³-hybridized carbons (Fsp3) is 0.778. The summed E-state index contributed by atoms with van der Waals surface area (Å²) in [6.45, 7) is 1.51. The second kappa shape index (κ2) is 5.31. The Balaban J connectivity index is 2.08. The number of aliphatic hydroxyl groups excluding tert-OH is 1. The van der Waals surface area contributed by atoms with Crippen LogP contribution in [0, 0.1) is 0 Å². The molecule has 18 heavy (non-hydrogen) atoms. The number of aliphatic hydroxyl groups is 1. The molecule has 0 aromatic carbocycles. The van der Waals surface area contributed by atoms with E-state index in [1.54, 1.807) is 6.33 Å². The van der Waals surface area contributed by atoms with Gasteiger partial charge in [0.1, 0.15) is 12.2 Å². The van der Waals surface area contributed by atoms with Crippen molar-refractivity contribution >= 4 is 10.2 Å². The maximum Gasteiger partial charge on any atom is 0.282 e. The van der Waals surface area contributed by atoms with E-state index >= 15 is 0 Å². The van der Waals surface area contributed by atoms with Crippen molar-refractivity contribution < 1.29 is 13.5 Å². The molecule has 0 radical (unpaired) electrons. The summed E-state index contributed by atoms with van der Waals surface area (Å²) in [6, 6.07) is 0. The zero-order valence-corrected chi connectivity index (χ0v) is 11.0. The van der Waals surface area contributed by atoms with E-state index in [-0.39, 0.29) is 13.2 Å². The monoisotopic (exact) mass is 275 g/mol. The van der Waals surface area contributed by atoms with Gasteiger partial charge in [0, 0.05) is 33.3 Å². The Kier molecular flexibility index (Phi) is 3.95. The van der Waals surface area contributed by atoms with Gasteiger partial charge in [0.25, 0.3) is 10.2 Å². The molecule has 0 bridgehead atoms. The van der Waals surface area contributed by atoms with Crippen LogP contribution in [0.2, 0.25) is 0 Å². The maximum atomic E-state index is 12.2. The molecule has 1 aromatic heterocycles. The van der Waals surface area contributed by atoms with Crippen molar-refractivity contribution in [2.75, 3.05) is 26.7 Å². The molecule has 0 amide bonds. The summed E-state index contributed by atoms with van der Waals surface area (Å²) >= 11 is 0. The van der Waals surface area contributed by atoms with Crippen molar-refractivity contribution in [1.29, 1.82) is 0 Å². The van der Waals surface area contributed by atoms with E-state index in [9.17, 15) is 8.42 Å². The largest absolute Gasteiger partial charge is 0.396 e. The van der Waals surface area contributed by atoms with E-state index in [1.807, 2.05) is 4.57 Å². The molecule has 1 aliphatic rings. The number of hydrogen-bond acceptors (Lipinski definition) is 5.